The highest BCUT2D eigenvalue weighted by atomic mass is 32.1. The van der Waals surface area contributed by atoms with Crippen molar-refractivity contribution in [2.45, 2.75) is 12.6 Å². The lowest BCUT2D eigenvalue weighted by atomic mass is 10.2. The van der Waals surface area contributed by atoms with Crippen molar-refractivity contribution in [3.05, 3.63) is 34.5 Å². The zero-order chi connectivity index (χ0) is 16.9. The van der Waals surface area contributed by atoms with Crippen molar-refractivity contribution in [1.29, 1.82) is 0 Å². The Balaban J connectivity index is 1.61. The molecule has 2 amide bonds. The van der Waals surface area contributed by atoms with Crippen LogP contribution in [0.5, 0.6) is 0 Å². The molecule has 0 aromatic carbocycles. The van der Waals surface area contributed by atoms with Gasteiger partial charge in [-0.2, -0.15) is 0 Å². The van der Waals surface area contributed by atoms with Crippen LogP contribution in [0.25, 0.3) is 0 Å². The monoisotopic (exact) mass is 348 g/mol. The average molecular weight is 348 g/mol. The van der Waals surface area contributed by atoms with E-state index in [1.807, 2.05) is 30.4 Å². The Labute approximate surface area is 144 Å². The van der Waals surface area contributed by atoms with Crippen LogP contribution in [0.2, 0.25) is 0 Å². The highest BCUT2D eigenvalue weighted by Gasteiger charge is 2.26. The van der Waals surface area contributed by atoms with Gasteiger partial charge in [-0.25, -0.2) is 19.7 Å². The molecular formula is C15H20N6O2S. The number of hydrogen-bond donors (Lipinski definition) is 1. The second kappa shape index (κ2) is 7.54. The third-order valence-electron chi connectivity index (χ3n) is 3.65. The second-order valence-corrected chi connectivity index (χ2v) is 6.34. The zero-order valence-electron chi connectivity index (χ0n) is 13.7. The summed E-state index contributed by atoms with van der Waals surface area (Å²) >= 11 is 1.51. The number of ether oxygens (including phenoxy) is 1. The Bertz CT molecular complexity index is 678. The number of anilines is 1. The van der Waals surface area contributed by atoms with Crippen LogP contribution in [0.3, 0.4) is 0 Å². The van der Waals surface area contributed by atoms with E-state index in [0.29, 0.717) is 32.2 Å². The number of thiazole rings is 1. The molecule has 1 saturated heterocycles. The predicted molar refractivity (Wildman–Crippen MR) is 91.0 cm³/mol. The number of urea groups is 1. The van der Waals surface area contributed by atoms with Gasteiger partial charge in [0.2, 0.25) is 5.95 Å². The lowest BCUT2D eigenvalue weighted by Crippen LogP contribution is -2.47. The Morgan fingerprint density at radius 2 is 2.38 bits per heavy atom. The van der Waals surface area contributed by atoms with E-state index in [-0.39, 0.29) is 12.1 Å². The summed E-state index contributed by atoms with van der Waals surface area (Å²) in [4.78, 5) is 28.8. The van der Waals surface area contributed by atoms with Crippen molar-refractivity contribution in [2.75, 3.05) is 38.7 Å². The predicted octanol–water partition coefficient (Wildman–Crippen LogP) is 1.28. The average Bonchev–Trinajstić information content (AvgIpc) is 3.13. The van der Waals surface area contributed by atoms with Gasteiger partial charge in [-0.15, -0.1) is 11.3 Å². The van der Waals surface area contributed by atoms with E-state index in [9.17, 15) is 4.79 Å². The fourth-order valence-corrected chi connectivity index (χ4v) is 2.93. The molecule has 2 aromatic heterocycles. The Morgan fingerprint density at radius 1 is 1.50 bits per heavy atom. The van der Waals surface area contributed by atoms with Crippen molar-refractivity contribution in [3.63, 3.8) is 0 Å². The van der Waals surface area contributed by atoms with Gasteiger partial charge in [0.1, 0.15) is 6.10 Å². The summed E-state index contributed by atoms with van der Waals surface area (Å²) in [6.07, 6.45) is 1.47. The topological polar surface area (TPSA) is 83.5 Å². The van der Waals surface area contributed by atoms with Crippen LogP contribution in [0.4, 0.5) is 10.7 Å². The molecule has 3 heterocycles. The maximum Gasteiger partial charge on any atom is 0.317 e. The second-order valence-electron chi connectivity index (χ2n) is 5.62. The summed E-state index contributed by atoms with van der Waals surface area (Å²) in [6, 6.07) is 1.71. The number of hydrogen-bond acceptors (Lipinski definition) is 7. The van der Waals surface area contributed by atoms with Gasteiger partial charge in [0, 0.05) is 32.2 Å². The van der Waals surface area contributed by atoms with Gasteiger partial charge in [0.05, 0.1) is 36.6 Å². The molecule has 1 atom stereocenters. The first-order chi connectivity index (χ1) is 11.6. The fourth-order valence-electron chi connectivity index (χ4n) is 2.37. The number of carbonyl (C=O) groups excluding carboxylic acids is 1. The van der Waals surface area contributed by atoms with E-state index in [1.54, 1.807) is 16.6 Å². The van der Waals surface area contributed by atoms with Gasteiger partial charge in [-0.05, 0) is 6.07 Å². The molecule has 1 aliphatic heterocycles. The first-order valence-corrected chi connectivity index (χ1v) is 8.59. The number of carbonyl (C=O) groups is 1. The Kier molecular flexibility index (Phi) is 5.21. The van der Waals surface area contributed by atoms with Gasteiger partial charge in [0.15, 0.2) is 0 Å². The minimum absolute atomic E-state index is 0.113. The van der Waals surface area contributed by atoms with Crippen LogP contribution < -0.4 is 10.2 Å². The molecule has 2 aromatic rings. The van der Waals surface area contributed by atoms with Gasteiger partial charge < -0.3 is 19.9 Å². The largest absolute Gasteiger partial charge is 0.368 e. The van der Waals surface area contributed by atoms with Gasteiger partial charge in [0.25, 0.3) is 0 Å². The highest BCUT2D eigenvalue weighted by Crippen LogP contribution is 2.21. The van der Waals surface area contributed by atoms with Crippen LogP contribution in [-0.4, -0.2) is 59.7 Å². The Morgan fingerprint density at radius 3 is 3.12 bits per heavy atom. The molecule has 1 aliphatic rings. The Hall–Kier alpha value is -2.26. The van der Waals surface area contributed by atoms with E-state index < -0.39 is 0 Å². The number of nitrogens with zero attached hydrogens (tertiary/aromatic N) is 5. The smallest absolute Gasteiger partial charge is 0.317 e. The van der Waals surface area contributed by atoms with Crippen LogP contribution in [-0.2, 0) is 11.3 Å². The van der Waals surface area contributed by atoms with Gasteiger partial charge in [-0.1, -0.05) is 0 Å². The molecule has 0 radical (unpaired) electrons. The number of aromatic nitrogens is 3. The lowest BCUT2D eigenvalue weighted by Gasteiger charge is -2.32. The fraction of sp³-hybridized carbons (Fsp3) is 0.467. The standard InChI is InChI=1S/C15H20N6O2S/c1-20(2)14-16-4-3-12(19-14)13-8-21(5-6-23-13)15(22)17-7-11-9-24-10-18-11/h3-4,9-10,13H,5-8H2,1-2H3,(H,17,22)/t13-/m1/s1. The minimum Gasteiger partial charge on any atom is -0.368 e. The maximum absolute atomic E-state index is 12.3. The van der Waals surface area contributed by atoms with Gasteiger partial charge >= 0.3 is 6.03 Å². The van der Waals surface area contributed by atoms with E-state index in [1.165, 1.54) is 11.3 Å². The number of rotatable bonds is 4. The number of nitrogens with one attached hydrogen (secondary N) is 1. The quantitative estimate of drug-likeness (QED) is 0.896. The molecule has 3 rings (SSSR count). The summed E-state index contributed by atoms with van der Waals surface area (Å²) in [5.74, 6) is 0.626. The van der Waals surface area contributed by atoms with Crippen molar-refractivity contribution >= 4 is 23.3 Å². The maximum atomic E-state index is 12.3. The van der Waals surface area contributed by atoms with Crippen molar-refractivity contribution < 1.29 is 9.53 Å². The molecule has 0 unspecified atom stereocenters. The van der Waals surface area contributed by atoms with Gasteiger partial charge in [-0.3, -0.25) is 0 Å². The summed E-state index contributed by atoms with van der Waals surface area (Å²) in [7, 11) is 3.78. The van der Waals surface area contributed by atoms with Crippen molar-refractivity contribution in [3.8, 4) is 0 Å². The SMILES string of the molecule is CN(C)c1nccc([C@H]2CN(C(=O)NCc3cscn3)CCO2)n1. The molecule has 1 N–H and O–H groups in total. The molecule has 0 saturated carbocycles. The molecule has 24 heavy (non-hydrogen) atoms. The highest BCUT2D eigenvalue weighted by molar-refractivity contribution is 7.07. The van der Waals surface area contributed by atoms with Crippen molar-refractivity contribution in [1.82, 2.24) is 25.2 Å². The summed E-state index contributed by atoms with van der Waals surface area (Å²) in [6.45, 7) is 1.94. The number of morpholine rings is 1. The molecule has 128 valence electrons. The normalized spacial score (nSPS) is 17.6. The van der Waals surface area contributed by atoms with Crippen molar-refractivity contribution in [2.24, 2.45) is 0 Å². The number of amides is 2. The first-order valence-electron chi connectivity index (χ1n) is 7.65. The molecule has 1 fully saturated rings. The molecular weight excluding hydrogens is 328 g/mol. The van der Waals surface area contributed by atoms with Crippen LogP contribution in [0.1, 0.15) is 17.5 Å². The minimum atomic E-state index is -0.245. The molecule has 9 heteroatoms. The van der Waals surface area contributed by atoms with E-state index in [4.69, 9.17) is 4.74 Å². The molecule has 0 bridgehead atoms. The zero-order valence-corrected chi connectivity index (χ0v) is 14.5. The third kappa shape index (κ3) is 3.98. The van der Waals surface area contributed by atoms with Crippen LogP contribution >= 0.6 is 11.3 Å². The lowest BCUT2D eigenvalue weighted by molar-refractivity contribution is -0.0176. The molecule has 0 spiro atoms. The summed E-state index contributed by atoms with van der Waals surface area (Å²) in [5.41, 5.74) is 3.40. The first kappa shape index (κ1) is 16.6. The third-order valence-corrected chi connectivity index (χ3v) is 4.29. The van der Waals surface area contributed by atoms with E-state index in [0.717, 1.165) is 11.4 Å². The summed E-state index contributed by atoms with van der Waals surface area (Å²) in [5, 5.41) is 4.81. The van der Waals surface area contributed by atoms with E-state index in [2.05, 4.69) is 20.3 Å². The van der Waals surface area contributed by atoms with Crippen LogP contribution in [0.15, 0.2) is 23.2 Å². The van der Waals surface area contributed by atoms with E-state index >= 15 is 0 Å². The summed E-state index contributed by atoms with van der Waals surface area (Å²) < 4.78 is 5.79. The molecule has 8 nitrogen and oxygen atoms in total. The molecule has 0 aliphatic carbocycles. The van der Waals surface area contributed by atoms with Crippen LogP contribution in [0, 0.1) is 0 Å².